The molecular formula is C21H18ClNO3S. The highest BCUT2D eigenvalue weighted by Crippen LogP contribution is 2.35. The largest absolute Gasteiger partial charge is 0.451 e. The predicted molar refractivity (Wildman–Crippen MR) is 107 cm³/mol. The van der Waals surface area contributed by atoms with E-state index in [4.69, 9.17) is 16.3 Å². The number of halogens is 1. The molecule has 4 nitrogen and oxygen atoms in total. The van der Waals surface area contributed by atoms with Crippen molar-refractivity contribution in [3.8, 4) is 0 Å². The zero-order valence-electron chi connectivity index (χ0n) is 14.5. The van der Waals surface area contributed by atoms with Gasteiger partial charge in [0.2, 0.25) is 0 Å². The lowest BCUT2D eigenvalue weighted by Crippen LogP contribution is -2.34. The Morgan fingerprint density at radius 1 is 1.15 bits per heavy atom. The summed E-state index contributed by atoms with van der Waals surface area (Å²) in [6.07, 6.45) is 2.94. The van der Waals surface area contributed by atoms with Crippen LogP contribution in [0.1, 0.15) is 39.7 Å². The van der Waals surface area contributed by atoms with Crippen LogP contribution in [-0.4, -0.2) is 18.5 Å². The second kappa shape index (κ2) is 7.71. The Balaban J connectivity index is 1.39. The maximum Gasteiger partial charge on any atom is 0.350 e. The fraction of sp³-hybridized carbons (Fsp3) is 0.238. The van der Waals surface area contributed by atoms with Gasteiger partial charge in [0.15, 0.2) is 6.61 Å². The maximum absolute atomic E-state index is 12.4. The minimum Gasteiger partial charge on any atom is -0.451 e. The number of carbonyl (C=O) groups is 2. The molecule has 1 atom stereocenters. The summed E-state index contributed by atoms with van der Waals surface area (Å²) in [5, 5.41) is 4.17. The zero-order valence-corrected chi connectivity index (χ0v) is 16.1. The highest BCUT2D eigenvalue weighted by molar-refractivity contribution is 7.21. The van der Waals surface area contributed by atoms with Crippen LogP contribution in [0.4, 0.5) is 0 Å². The topological polar surface area (TPSA) is 55.4 Å². The first-order valence-corrected chi connectivity index (χ1v) is 10.0. The summed E-state index contributed by atoms with van der Waals surface area (Å²) in [5.41, 5.74) is 2.42. The number of hydrogen-bond donors (Lipinski definition) is 1. The first kappa shape index (κ1) is 18.0. The Morgan fingerprint density at radius 2 is 1.93 bits per heavy atom. The summed E-state index contributed by atoms with van der Waals surface area (Å²) >= 11 is 7.56. The van der Waals surface area contributed by atoms with Gasteiger partial charge in [-0.2, -0.15) is 0 Å². The summed E-state index contributed by atoms with van der Waals surface area (Å²) in [6, 6.07) is 15.6. The number of hydrogen-bond acceptors (Lipinski definition) is 4. The predicted octanol–water partition coefficient (Wildman–Crippen LogP) is 4.91. The molecule has 4 rings (SSSR count). The summed E-state index contributed by atoms with van der Waals surface area (Å²) < 4.78 is 6.12. The van der Waals surface area contributed by atoms with E-state index in [1.165, 1.54) is 16.9 Å². The van der Waals surface area contributed by atoms with Crippen LogP contribution >= 0.6 is 22.9 Å². The number of aryl methyl sites for hydroxylation is 1. The van der Waals surface area contributed by atoms with Crippen molar-refractivity contribution in [2.75, 3.05) is 6.61 Å². The molecule has 0 saturated heterocycles. The van der Waals surface area contributed by atoms with E-state index in [0.29, 0.717) is 9.90 Å². The molecule has 0 spiro atoms. The third-order valence-electron chi connectivity index (χ3n) is 4.76. The third kappa shape index (κ3) is 3.70. The number of amides is 1. The average Bonchev–Trinajstić information content (AvgIpc) is 3.03. The molecule has 0 saturated carbocycles. The fourth-order valence-electron chi connectivity index (χ4n) is 3.48. The van der Waals surface area contributed by atoms with E-state index in [2.05, 4.69) is 11.4 Å². The van der Waals surface area contributed by atoms with Crippen LogP contribution in [-0.2, 0) is 16.0 Å². The van der Waals surface area contributed by atoms with E-state index in [1.54, 1.807) is 0 Å². The van der Waals surface area contributed by atoms with Gasteiger partial charge >= 0.3 is 5.97 Å². The van der Waals surface area contributed by atoms with Crippen LogP contribution in [0, 0.1) is 0 Å². The van der Waals surface area contributed by atoms with Gasteiger partial charge in [-0.1, -0.05) is 54.1 Å². The van der Waals surface area contributed by atoms with Gasteiger partial charge in [-0.25, -0.2) is 4.79 Å². The van der Waals surface area contributed by atoms with Gasteiger partial charge in [0.05, 0.1) is 11.1 Å². The number of carbonyl (C=O) groups excluding carboxylic acids is 2. The average molecular weight is 400 g/mol. The molecule has 0 unspecified atom stereocenters. The highest BCUT2D eigenvalue weighted by atomic mass is 35.5. The van der Waals surface area contributed by atoms with Crippen molar-refractivity contribution in [3.63, 3.8) is 0 Å². The molecule has 138 valence electrons. The molecule has 1 aliphatic carbocycles. The standard InChI is InChI=1S/C21H18ClNO3S/c22-19-15-9-3-4-11-17(15)27-20(19)21(25)26-12-18(24)23-16-10-5-7-13-6-1-2-8-14(13)16/h1-4,6,8-9,11,16H,5,7,10,12H2,(H,23,24)/t16-/m0/s1. The van der Waals surface area contributed by atoms with Gasteiger partial charge in [-0.15, -0.1) is 11.3 Å². The zero-order chi connectivity index (χ0) is 18.8. The molecule has 3 aromatic rings. The SMILES string of the molecule is O=C(COC(=O)c1sc2ccccc2c1Cl)N[C@H]1CCCc2ccccc21. The number of nitrogens with one attached hydrogen (secondary N) is 1. The van der Waals surface area contributed by atoms with Gasteiger partial charge in [0, 0.05) is 10.1 Å². The quantitative estimate of drug-likeness (QED) is 0.634. The third-order valence-corrected chi connectivity index (χ3v) is 6.41. The highest BCUT2D eigenvalue weighted by Gasteiger charge is 2.23. The molecule has 1 amide bonds. The molecule has 1 heterocycles. The Kier molecular flexibility index (Phi) is 5.14. The van der Waals surface area contributed by atoms with Crippen molar-refractivity contribution in [1.82, 2.24) is 5.32 Å². The van der Waals surface area contributed by atoms with E-state index >= 15 is 0 Å². The van der Waals surface area contributed by atoms with Crippen LogP contribution in [0.5, 0.6) is 0 Å². The van der Waals surface area contributed by atoms with E-state index < -0.39 is 5.97 Å². The molecule has 2 aromatic carbocycles. The van der Waals surface area contributed by atoms with Gasteiger partial charge in [-0.05, 0) is 36.5 Å². The fourth-order valence-corrected chi connectivity index (χ4v) is 4.88. The molecule has 6 heteroatoms. The molecule has 1 aromatic heterocycles. The van der Waals surface area contributed by atoms with Crippen molar-refractivity contribution >= 4 is 44.9 Å². The summed E-state index contributed by atoms with van der Waals surface area (Å²) in [6.45, 7) is -0.317. The second-order valence-electron chi connectivity index (χ2n) is 6.53. The molecule has 27 heavy (non-hydrogen) atoms. The van der Waals surface area contributed by atoms with Crippen LogP contribution in [0.3, 0.4) is 0 Å². The van der Waals surface area contributed by atoms with Crippen molar-refractivity contribution in [1.29, 1.82) is 0 Å². The van der Waals surface area contributed by atoms with Crippen molar-refractivity contribution < 1.29 is 14.3 Å². The lowest BCUT2D eigenvalue weighted by Gasteiger charge is -2.26. The van der Waals surface area contributed by atoms with Crippen molar-refractivity contribution in [3.05, 3.63) is 69.6 Å². The summed E-state index contributed by atoms with van der Waals surface area (Å²) in [7, 11) is 0. The van der Waals surface area contributed by atoms with Crippen molar-refractivity contribution in [2.24, 2.45) is 0 Å². The molecule has 0 bridgehead atoms. The van der Waals surface area contributed by atoms with E-state index in [0.717, 1.165) is 34.9 Å². The van der Waals surface area contributed by atoms with Crippen LogP contribution in [0.2, 0.25) is 5.02 Å². The number of benzene rings is 2. The van der Waals surface area contributed by atoms with E-state index in [-0.39, 0.29) is 18.6 Å². The smallest absolute Gasteiger partial charge is 0.350 e. The first-order chi connectivity index (χ1) is 13.1. The van der Waals surface area contributed by atoms with Crippen LogP contribution in [0.15, 0.2) is 48.5 Å². The number of ether oxygens (including phenoxy) is 1. The first-order valence-electron chi connectivity index (χ1n) is 8.85. The Bertz CT molecular complexity index is 1010. The molecule has 1 N–H and O–H groups in total. The van der Waals surface area contributed by atoms with Crippen LogP contribution < -0.4 is 5.32 Å². The number of fused-ring (bicyclic) bond motifs is 2. The monoisotopic (exact) mass is 399 g/mol. The van der Waals surface area contributed by atoms with E-state index in [9.17, 15) is 9.59 Å². The number of thiophene rings is 1. The van der Waals surface area contributed by atoms with Gasteiger partial charge < -0.3 is 10.1 Å². The number of esters is 1. The molecule has 0 aliphatic heterocycles. The second-order valence-corrected chi connectivity index (χ2v) is 7.96. The Hall–Kier alpha value is -2.37. The van der Waals surface area contributed by atoms with Gasteiger partial charge in [-0.3, -0.25) is 4.79 Å². The normalized spacial score (nSPS) is 16.0. The van der Waals surface area contributed by atoms with Gasteiger partial charge in [0.25, 0.3) is 5.91 Å². The molecule has 1 aliphatic rings. The van der Waals surface area contributed by atoms with Crippen molar-refractivity contribution in [2.45, 2.75) is 25.3 Å². The molecule has 0 fully saturated rings. The minimum absolute atomic E-state index is 0.0333. The summed E-state index contributed by atoms with van der Waals surface area (Å²) in [5.74, 6) is -0.873. The molecular weight excluding hydrogens is 382 g/mol. The lowest BCUT2D eigenvalue weighted by molar-refractivity contribution is -0.125. The maximum atomic E-state index is 12.4. The Morgan fingerprint density at radius 3 is 2.78 bits per heavy atom. The van der Waals surface area contributed by atoms with Crippen LogP contribution in [0.25, 0.3) is 10.1 Å². The minimum atomic E-state index is -0.569. The Labute approximate surface area is 166 Å². The summed E-state index contributed by atoms with van der Waals surface area (Å²) in [4.78, 5) is 25.0. The van der Waals surface area contributed by atoms with Gasteiger partial charge in [0.1, 0.15) is 4.88 Å². The number of rotatable bonds is 4. The molecule has 0 radical (unpaired) electrons. The lowest BCUT2D eigenvalue weighted by atomic mass is 9.88. The van der Waals surface area contributed by atoms with E-state index in [1.807, 2.05) is 42.5 Å².